The molecular formula is C12H14N2O6S. The van der Waals surface area contributed by atoms with E-state index in [1.54, 1.807) is 0 Å². The van der Waals surface area contributed by atoms with E-state index in [1.165, 1.54) is 12.1 Å². The largest absolute Gasteiger partial charge is 0.477 e. The van der Waals surface area contributed by atoms with Gasteiger partial charge in [0.05, 0.1) is 15.9 Å². The van der Waals surface area contributed by atoms with Crippen LogP contribution in [0.2, 0.25) is 0 Å². The fraction of sp³-hybridized carbons (Fsp3) is 0.417. The number of anilines is 1. The molecule has 0 saturated carbocycles. The number of nitro groups is 1. The second kappa shape index (κ2) is 5.68. The number of para-hydroxylation sites is 1. The van der Waals surface area contributed by atoms with Crippen LogP contribution in [0.1, 0.15) is 23.2 Å². The van der Waals surface area contributed by atoms with Crippen LogP contribution in [0.15, 0.2) is 18.2 Å². The van der Waals surface area contributed by atoms with E-state index in [-0.39, 0.29) is 18.0 Å². The monoisotopic (exact) mass is 314 g/mol. The van der Waals surface area contributed by atoms with Crippen molar-refractivity contribution in [2.75, 3.05) is 17.6 Å². The van der Waals surface area contributed by atoms with Crippen LogP contribution in [0.25, 0.3) is 0 Å². The second-order valence-electron chi connectivity index (χ2n) is 4.78. The Hall–Kier alpha value is -2.16. The Kier molecular flexibility index (Phi) is 4.12. The molecule has 0 bridgehead atoms. The third kappa shape index (κ3) is 3.13. The van der Waals surface area contributed by atoms with Gasteiger partial charge in [0, 0.05) is 6.54 Å². The Morgan fingerprint density at radius 1 is 1.48 bits per heavy atom. The summed E-state index contributed by atoms with van der Waals surface area (Å²) >= 11 is 0. The predicted molar refractivity (Wildman–Crippen MR) is 75.4 cm³/mol. The van der Waals surface area contributed by atoms with E-state index in [9.17, 15) is 23.3 Å². The van der Waals surface area contributed by atoms with E-state index >= 15 is 0 Å². The number of aromatic carboxylic acids is 1. The van der Waals surface area contributed by atoms with Gasteiger partial charge in [0.15, 0.2) is 9.84 Å². The summed E-state index contributed by atoms with van der Waals surface area (Å²) < 4.78 is 23.4. The average Bonchev–Trinajstić information content (AvgIpc) is 2.74. The molecule has 0 radical (unpaired) electrons. The van der Waals surface area contributed by atoms with Gasteiger partial charge in [-0.15, -0.1) is 0 Å². The first kappa shape index (κ1) is 15.2. The molecule has 0 amide bonds. The quantitative estimate of drug-likeness (QED) is 0.619. The van der Waals surface area contributed by atoms with Crippen molar-refractivity contribution < 1.29 is 23.2 Å². The molecule has 0 aromatic heterocycles. The number of nitro benzene ring substituents is 1. The summed E-state index contributed by atoms with van der Waals surface area (Å²) in [6.07, 6.45) is 1.08. The third-order valence-corrected chi connectivity index (χ3v) is 5.71. The minimum Gasteiger partial charge on any atom is -0.477 e. The molecule has 9 heteroatoms. The average molecular weight is 314 g/mol. The Morgan fingerprint density at radius 2 is 2.19 bits per heavy atom. The van der Waals surface area contributed by atoms with Gasteiger partial charge in [0.1, 0.15) is 11.3 Å². The maximum absolute atomic E-state index is 11.7. The summed E-state index contributed by atoms with van der Waals surface area (Å²) in [5.41, 5.74) is -0.971. The molecule has 0 aliphatic carbocycles. The lowest BCUT2D eigenvalue weighted by Crippen LogP contribution is -2.25. The Bertz CT molecular complexity index is 685. The summed E-state index contributed by atoms with van der Waals surface area (Å²) in [6.45, 7) is 0.0340. The van der Waals surface area contributed by atoms with Gasteiger partial charge in [-0.25, -0.2) is 13.2 Å². The smallest absolute Gasteiger partial charge is 0.342 e. The van der Waals surface area contributed by atoms with Crippen molar-refractivity contribution in [3.63, 3.8) is 0 Å². The van der Waals surface area contributed by atoms with E-state index in [2.05, 4.69) is 5.32 Å². The zero-order chi connectivity index (χ0) is 15.6. The molecule has 1 atom stereocenters. The summed E-state index contributed by atoms with van der Waals surface area (Å²) in [4.78, 5) is 21.3. The van der Waals surface area contributed by atoms with Crippen molar-refractivity contribution in [1.82, 2.24) is 0 Å². The van der Waals surface area contributed by atoms with Gasteiger partial charge < -0.3 is 10.4 Å². The van der Waals surface area contributed by atoms with Crippen molar-refractivity contribution >= 4 is 27.2 Å². The van der Waals surface area contributed by atoms with Gasteiger partial charge in [-0.2, -0.15) is 0 Å². The van der Waals surface area contributed by atoms with Crippen LogP contribution in [0.5, 0.6) is 0 Å². The Labute approximate surface area is 120 Å². The maximum Gasteiger partial charge on any atom is 0.342 e. The molecule has 1 aliphatic heterocycles. The summed E-state index contributed by atoms with van der Waals surface area (Å²) in [5, 5.41) is 22.1. The van der Waals surface area contributed by atoms with Crippen LogP contribution >= 0.6 is 0 Å². The number of carboxylic acids is 1. The van der Waals surface area contributed by atoms with Gasteiger partial charge in [0.2, 0.25) is 0 Å². The van der Waals surface area contributed by atoms with Crippen LogP contribution in [0.3, 0.4) is 0 Å². The third-order valence-electron chi connectivity index (χ3n) is 3.43. The maximum atomic E-state index is 11.7. The van der Waals surface area contributed by atoms with E-state index in [0.717, 1.165) is 6.07 Å². The number of benzene rings is 1. The standard InChI is InChI=1S/C12H14N2O6S/c15-12(16)9-4-1-5-10(11(9)14(17)18)13-7-8-3-2-6-21(8,19)20/h1,4-5,8,13H,2-3,6-7H2,(H,15,16). The van der Waals surface area contributed by atoms with Gasteiger partial charge in [0.25, 0.3) is 0 Å². The Balaban J connectivity index is 2.26. The molecule has 1 heterocycles. The van der Waals surface area contributed by atoms with Gasteiger partial charge >= 0.3 is 11.7 Å². The van der Waals surface area contributed by atoms with Gasteiger partial charge in [-0.05, 0) is 25.0 Å². The highest BCUT2D eigenvalue weighted by atomic mass is 32.2. The summed E-state index contributed by atoms with van der Waals surface area (Å²) in [5.74, 6) is -1.28. The molecular weight excluding hydrogens is 300 g/mol. The molecule has 1 aromatic rings. The van der Waals surface area contributed by atoms with E-state index in [0.29, 0.717) is 12.8 Å². The fourth-order valence-corrected chi connectivity index (χ4v) is 4.13. The minimum atomic E-state index is -3.17. The first-order valence-corrected chi connectivity index (χ1v) is 8.00. The molecule has 1 fully saturated rings. The Morgan fingerprint density at radius 3 is 2.71 bits per heavy atom. The molecule has 1 aromatic carbocycles. The number of sulfone groups is 1. The van der Waals surface area contributed by atoms with Crippen molar-refractivity contribution in [2.45, 2.75) is 18.1 Å². The van der Waals surface area contributed by atoms with Crippen LogP contribution in [-0.4, -0.2) is 42.0 Å². The van der Waals surface area contributed by atoms with Crippen LogP contribution in [0, 0.1) is 10.1 Å². The number of rotatable bonds is 5. The molecule has 1 aliphatic rings. The molecule has 2 N–H and O–H groups in total. The zero-order valence-electron chi connectivity index (χ0n) is 11.0. The molecule has 114 valence electrons. The first-order chi connectivity index (χ1) is 9.83. The van der Waals surface area contributed by atoms with Gasteiger partial charge in [-0.3, -0.25) is 10.1 Å². The number of carbonyl (C=O) groups is 1. The van der Waals surface area contributed by atoms with Crippen molar-refractivity contribution in [2.24, 2.45) is 0 Å². The highest BCUT2D eigenvalue weighted by Crippen LogP contribution is 2.29. The van der Waals surface area contributed by atoms with Crippen molar-refractivity contribution in [3.8, 4) is 0 Å². The molecule has 2 rings (SSSR count). The van der Waals surface area contributed by atoms with Crippen molar-refractivity contribution in [1.29, 1.82) is 0 Å². The lowest BCUT2D eigenvalue weighted by Gasteiger charge is -2.12. The number of carboxylic acid groups (broad SMARTS) is 1. The van der Waals surface area contributed by atoms with Crippen LogP contribution in [-0.2, 0) is 9.84 Å². The lowest BCUT2D eigenvalue weighted by atomic mass is 10.1. The first-order valence-electron chi connectivity index (χ1n) is 6.29. The number of hydrogen-bond acceptors (Lipinski definition) is 6. The topological polar surface area (TPSA) is 127 Å². The highest BCUT2D eigenvalue weighted by molar-refractivity contribution is 7.92. The fourth-order valence-electron chi connectivity index (χ4n) is 2.37. The molecule has 1 unspecified atom stereocenters. The summed E-state index contributed by atoms with van der Waals surface area (Å²) in [7, 11) is -3.17. The second-order valence-corrected chi connectivity index (χ2v) is 7.18. The van der Waals surface area contributed by atoms with E-state index in [4.69, 9.17) is 5.11 Å². The highest BCUT2D eigenvalue weighted by Gasteiger charge is 2.32. The van der Waals surface area contributed by atoms with E-state index in [1.807, 2.05) is 0 Å². The number of nitrogens with one attached hydrogen (secondary N) is 1. The molecule has 21 heavy (non-hydrogen) atoms. The minimum absolute atomic E-state index is 0.0157. The van der Waals surface area contributed by atoms with E-state index < -0.39 is 37.2 Å². The molecule has 0 spiro atoms. The van der Waals surface area contributed by atoms with Crippen molar-refractivity contribution in [3.05, 3.63) is 33.9 Å². The zero-order valence-corrected chi connectivity index (χ0v) is 11.8. The number of hydrogen-bond donors (Lipinski definition) is 2. The molecule has 1 saturated heterocycles. The van der Waals surface area contributed by atoms with Crippen LogP contribution < -0.4 is 5.32 Å². The SMILES string of the molecule is O=C(O)c1cccc(NCC2CCCS2(=O)=O)c1[N+](=O)[O-]. The summed E-state index contributed by atoms with van der Waals surface area (Å²) in [6, 6.07) is 3.88. The molecule has 8 nitrogen and oxygen atoms in total. The predicted octanol–water partition coefficient (Wildman–Crippen LogP) is 1.28. The lowest BCUT2D eigenvalue weighted by molar-refractivity contribution is -0.384. The number of nitrogens with zero attached hydrogens (tertiary/aromatic N) is 1. The normalized spacial score (nSPS) is 20.1. The van der Waals surface area contributed by atoms with Gasteiger partial charge in [-0.1, -0.05) is 6.07 Å². The van der Waals surface area contributed by atoms with Crippen LogP contribution in [0.4, 0.5) is 11.4 Å².